The zero-order valence-corrected chi connectivity index (χ0v) is 20.0. The molecule has 1 aliphatic heterocycles. The molecule has 5 rings (SSSR count). The number of nitrogens with zero attached hydrogens (tertiary/aromatic N) is 1. The van der Waals surface area contributed by atoms with Crippen molar-refractivity contribution in [2.24, 2.45) is 0 Å². The Kier molecular flexibility index (Phi) is 6.77. The van der Waals surface area contributed by atoms with E-state index in [4.69, 9.17) is 4.74 Å². The lowest BCUT2D eigenvalue weighted by atomic mass is 9.99. The summed E-state index contributed by atoms with van der Waals surface area (Å²) in [6.45, 7) is 2.78. The fourth-order valence-corrected chi connectivity index (χ4v) is 4.81. The van der Waals surface area contributed by atoms with Crippen LogP contribution in [-0.4, -0.2) is 19.2 Å². The Hall–Kier alpha value is -3.65. The molecule has 0 fully saturated rings. The van der Waals surface area contributed by atoms with E-state index in [1.807, 2.05) is 18.2 Å². The van der Waals surface area contributed by atoms with Gasteiger partial charge < -0.3 is 15.0 Å². The lowest BCUT2D eigenvalue weighted by Gasteiger charge is -2.37. The molecule has 0 radical (unpaired) electrons. The quantitative estimate of drug-likeness (QED) is 0.267. The van der Waals surface area contributed by atoms with Gasteiger partial charge in [0.15, 0.2) is 0 Å². The molecule has 0 saturated carbocycles. The minimum Gasteiger partial charge on any atom is -0.486 e. The molecule has 1 heterocycles. The molecule has 3 nitrogen and oxygen atoms in total. The Morgan fingerprint density at radius 3 is 2.54 bits per heavy atom. The molecule has 0 aromatic heterocycles. The summed E-state index contributed by atoms with van der Waals surface area (Å²) < 4.78 is 74.4. The third kappa shape index (κ3) is 5.39. The van der Waals surface area contributed by atoms with E-state index in [2.05, 4.69) is 36.5 Å². The maximum Gasteiger partial charge on any atom is 0.416 e. The summed E-state index contributed by atoms with van der Waals surface area (Å²) in [7, 11) is 0. The summed E-state index contributed by atoms with van der Waals surface area (Å²) >= 11 is 0. The highest BCUT2D eigenvalue weighted by Gasteiger charge is 2.33. The summed E-state index contributed by atoms with van der Waals surface area (Å²) in [5, 5.41) is 5.81. The van der Waals surface area contributed by atoms with Crippen LogP contribution in [-0.2, 0) is 6.18 Å². The zero-order chi connectivity index (χ0) is 26.2. The van der Waals surface area contributed by atoms with E-state index in [0.717, 1.165) is 28.5 Å². The molecule has 2 atom stereocenters. The molecule has 0 bridgehead atoms. The first-order valence-electron chi connectivity index (χ1n) is 12.0. The SMILES string of the molecule is C[C@@H](NCCC1CN(c2cc(F)cc(C(F)(F)F)c2)c2cc(F)ccc2O1)c1cccc2ccccc12. The van der Waals surface area contributed by atoms with Gasteiger partial charge in [-0.2, -0.15) is 13.2 Å². The number of alkyl halides is 3. The first-order chi connectivity index (χ1) is 17.7. The average molecular weight is 513 g/mol. The highest BCUT2D eigenvalue weighted by molar-refractivity contribution is 5.86. The van der Waals surface area contributed by atoms with Crippen molar-refractivity contribution in [3.63, 3.8) is 0 Å². The predicted octanol–water partition coefficient (Wildman–Crippen LogP) is 7.78. The summed E-state index contributed by atoms with van der Waals surface area (Å²) in [6.07, 6.45) is -4.60. The van der Waals surface area contributed by atoms with E-state index in [-0.39, 0.29) is 24.0 Å². The first-order valence-corrected chi connectivity index (χ1v) is 12.0. The van der Waals surface area contributed by atoms with Crippen LogP contribution in [0.4, 0.5) is 33.3 Å². The maximum absolute atomic E-state index is 14.2. The van der Waals surface area contributed by atoms with Gasteiger partial charge in [0.2, 0.25) is 0 Å². The molecular formula is C29H25F5N2O. The van der Waals surface area contributed by atoms with Crippen LogP contribution in [0, 0.1) is 11.6 Å². The number of nitrogens with one attached hydrogen (secondary N) is 1. The molecule has 0 aliphatic carbocycles. The smallest absolute Gasteiger partial charge is 0.416 e. The van der Waals surface area contributed by atoms with Crippen molar-refractivity contribution in [1.29, 1.82) is 0 Å². The van der Waals surface area contributed by atoms with Crippen LogP contribution < -0.4 is 15.0 Å². The summed E-state index contributed by atoms with van der Waals surface area (Å²) in [5.41, 5.74) is 0.301. The number of benzene rings is 4. The number of halogens is 5. The molecule has 0 spiro atoms. The van der Waals surface area contributed by atoms with Crippen molar-refractivity contribution < 1.29 is 26.7 Å². The fraction of sp³-hybridized carbons (Fsp3) is 0.241. The fourth-order valence-electron chi connectivity index (χ4n) is 4.81. The monoisotopic (exact) mass is 512 g/mol. The van der Waals surface area contributed by atoms with Crippen molar-refractivity contribution >= 4 is 22.1 Å². The van der Waals surface area contributed by atoms with Gasteiger partial charge in [0.1, 0.15) is 23.5 Å². The van der Waals surface area contributed by atoms with Gasteiger partial charge in [0.05, 0.1) is 17.8 Å². The van der Waals surface area contributed by atoms with Crippen LogP contribution in [0.25, 0.3) is 10.8 Å². The molecule has 37 heavy (non-hydrogen) atoms. The molecule has 1 unspecified atom stereocenters. The molecule has 4 aromatic carbocycles. The largest absolute Gasteiger partial charge is 0.486 e. The highest BCUT2D eigenvalue weighted by Crippen LogP contribution is 2.41. The van der Waals surface area contributed by atoms with E-state index < -0.39 is 29.5 Å². The number of hydrogen-bond donors (Lipinski definition) is 1. The second-order valence-corrected chi connectivity index (χ2v) is 9.19. The Labute approximate surface area is 211 Å². The molecule has 4 aromatic rings. The zero-order valence-electron chi connectivity index (χ0n) is 20.0. The lowest BCUT2D eigenvalue weighted by Crippen LogP contribution is -2.39. The molecule has 0 saturated heterocycles. The Bertz CT molecular complexity index is 1420. The van der Waals surface area contributed by atoms with E-state index in [0.29, 0.717) is 24.8 Å². The number of hydrogen-bond acceptors (Lipinski definition) is 3. The molecular weight excluding hydrogens is 487 g/mol. The van der Waals surface area contributed by atoms with Gasteiger partial charge in [-0.15, -0.1) is 0 Å². The Balaban J connectivity index is 1.35. The van der Waals surface area contributed by atoms with Gasteiger partial charge in [-0.25, -0.2) is 8.78 Å². The molecule has 1 N–H and O–H groups in total. The van der Waals surface area contributed by atoms with Crippen LogP contribution in [0.3, 0.4) is 0 Å². The maximum atomic E-state index is 14.2. The summed E-state index contributed by atoms with van der Waals surface area (Å²) in [6, 6.07) is 20.5. The molecule has 192 valence electrons. The first kappa shape index (κ1) is 25.0. The standard InChI is InChI=1S/C29H25F5N2O/c1-18(25-8-4-6-19-5-2-3-7-26(19)25)35-12-11-24-17-36(27-16-21(30)9-10-28(27)37-24)23-14-20(29(32,33)34)13-22(31)15-23/h2-10,13-16,18,24,35H,11-12,17H2,1H3/t18-,24?/m1/s1. The topological polar surface area (TPSA) is 24.5 Å². The normalized spacial score (nSPS) is 16.4. The van der Waals surface area contributed by atoms with Gasteiger partial charge in [0, 0.05) is 17.8 Å². The van der Waals surface area contributed by atoms with Gasteiger partial charge in [-0.3, -0.25) is 0 Å². The molecule has 0 amide bonds. The number of ether oxygens (including phenoxy) is 1. The minimum atomic E-state index is -4.71. The van der Waals surface area contributed by atoms with Gasteiger partial charge in [-0.05, 0) is 66.6 Å². The number of rotatable bonds is 6. The number of fused-ring (bicyclic) bond motifs is 2. The van der Waals surface area contributed by atoms with Crippen LogP contribution in [0.1, 0.15) is 30.5 Å². The Morgan fingerprint density at radius 2 is 1.73 bits per heavy atom. The van der Waals surface area contributed by atoms with E-state index in [1.165, 1.54) is 23.1 Å². The van der Waals surface area contributed by atoms with Crippen LogP contribution >= 0.6 is 0 Å². The van der Waals surface area contributed by atoms with Gasteiger partial charge in [-0.1, -0.05) is 42.5 Å². The third-order valence-electron chi connectivity index (χ3n) is 6.62. The van der Waals surface area contributed by atoms with Crippen LogP contribution in [0.2, 0.25) is 0 Å². The van der Waals surface area contributed by atoms with E-state index in [9.17, 15) is 22.0 Å². The van der Waals surface area contributed by atoms with E-state index >= 15 is 0 Å². The molecule has 1 aliphatic rings. The summed E-state index contributed by atoms with van der Waals surface area (Å²) in [5.74, 6) is -1.25. The second kappa shape index (κ2) is 10.0. The van der Waals surface area contributed by atoms with Crippen LogP contribution in [0.15, 0.2) is 78.9 Å². The Morgan fingerprint density at radius 1 is 0.946 bits per heavy atom. The number of anilines is 2. The van der Waals surface area contributed by atoms with E-state index in [1.54, 1.807) is 0 Å². The van der Waals surface area contributed by atoms with Gasteiger partial charge >= 0.3 is 6.18 Å². The molecule has 8 heteroatoms. The van der Waals surface area contributed by atoms with Crippen molar-refractivity contribution in [2.45, 2.75) is 31.7 Å². The third-order valence-corrected chi connectivity index (χ3v) is 6.62. The second-order valence-electron chi connectivity index (χ2n) is 9.19. The average Bonchev–Trinajstić information content (AvgIpc) is 2.87. The van der Waals surface area contributed by atoms with Crippen molar-refractivity contribution in [1.82, 2.24) is 5.32 Å². The minimum absolute atomic E-state index is 0.00967. The predicted molar refractivity (Wildman–Crippen MR) is 134 cm³/mol. The van der Waals surface area contributed by atoms with Crippen molar-refractivity contribution in [2.75, 3.05) is 18.0 Å². The van der Waals surface area contributed by atoms with Gasteiger partial charge in [0.25, 0.3) is 0 Å². The van der Waals surface area contributed by atoms with Crippen LogP contribution in [0.5, 0.6) is 5.75 Å². The lowest BCUT2D eigenvalue weighted by molar-refractivity contribution is -0.137. The highest BCUT2D eigenvalue weighted by atomic mass is 19.4. The van der Waals surface area contributed by atoms with Crippen molar-refractivity contribution in [3.8, 4) is 5.75 Å². The van der Waals surface area contributed by atoms with Crippen molar-refractivity contribution in [3.05, 3.63) is 102 Å². The summed E-state index contributed by atoms with van der Waals surface area (Å²) in [4.78, 5) is 1.49.